The molecule has 0 saturated carbocycles. The number of non-ortho nitro benzene ring substituents is 1. The molecule has 3 rings (SSSR count). The van der Waals surface area contributed by atoms with E-state index in [1.165, 1.54) is 36.4 Å². The van der Waals surface area contributed by atoms with Gasteiger partial charge in [0.1, 0.15) is 0 Å². The number of nitro benzene ring substituents is 1. The molecule has 0 radical (unpaired) electrons. The number of rotatable bonds is 9. The fourth-order valence-corrected chi connectivity index (χ4v) is 4.40. The van der Waals surface area contributed by atoms with Gasteiger partial charge in [-0.3, -0.25) is 14.9 Å². The van der Waals surface area contributed by atoms with Crippen LogP contribution in [-0.4, -0.2) is 36.6 Å². The van der Waals surface area contributed by atoms with Crippen molar-refractivity contribution in [3.63, 3.8) is 0 Å². The molecule has 8 nitrogen and oxygen atoms in total. The van der Waals surface area contributed by atoms with E-state index in [0.29, 0.717) is 6.42 Å². The average molecular weight is 439 g/mol. The summed E-state index contributed by atoms with van der Waals surface area (Å²) in [5.41, 5.74) is 0.991. The van der Waals surface area contributed by atoms with Crippen LogP contribution in [0.5, 0.6) is 0 Å². The molecule has 0 fully saturated rings. The standard InChI is InChI=1S/C22H21N3O5S/c26-22(23-19-10-7-11-20(16-19)25(27)28)17-24(15-14-18-8-3-1-4-9-18)31(29,30)21-12-5-2-6-13-21/h1-13,16H,14-15,17H2,(H,23,26). The van der Waals surface area contributed by atoms with Crippen molar-refractivity contribution in [1.29, 1.82) is 0 Å². The van der Waals surface area contributed by atoms with Gasteiger partial charge in [0.05, 0.1) is 16.4 Å². The quantitative estimate of drug-likeness (QED) is 0.406. The summed E-state index contributed by atoms with van der Waals surface area (Å²) < 4.78 is 27.4. The van der Waals surface area contributed by atoms with Gasteiger partial charge in [-0.05, 0) is 30.2 Å². The van der Waals surface area contributed by atoms with Gasteiger partial charge < -0.3 is 5.32 Å². The smallest absolute Gasteiger partial charge is 0.271 e. The third-order valence-electron chi connectivity index (χ3n) is 4.53. The Morgan fingerprint density at radius 3 is 2.23 bits per heavy atom. The highest BCUT2D eigenvalue weighted by atomic mass is 32.2. The van der Waals surface area contributed by atoms with E-state index in [1.807, 2.05) is 30.3 Å². The molecule has 0 bridgehead atoms. The maximum Gasteiger partial charge on any atom is 0.271 e. The van der Waals surface area contributed by atoms with Gasteiger partial charge >= 0.3 is 0 Å². The summed E-state index contributed by atoms with van der Waals surface area (Å²) in [6, 6.07) is 22.7. The fraction of sp³-hybridized carbons (Fsp3) is 0.136. The molecule has 0 aliphatic carbocycles. The topological polar surface area (TPSA) is 110 Å². The highest BCUT2D eigenvalue weighted by Crippen LogP contribution is 2.19. The van der Waals surface area contributed by atoms with Crippen LogP contribution in [0.1, 0.15) is 5.56 Å². The van der Waals surface area contributed by atoms with Crippen LogP contribution in [0.15, 0.2) is 89.8 Å². The van der Waals surface area contributed by atoms with Gasteiger partial charge in [0.25, 0.3) is 5.69 Å². The van der Waals surface area contributed by atoms with Crippen molar-refractivity contribution in [2.75, 3.05) is 18.4 Å². The van der Waals surface area contributed by atoms with Crippen LogP contribution < -0.4 is 5.32 Å². The van der Waals surface area contributed by atoms with Gasteiger partial charge in [-0.1, -0.05) is 54.6 Å². The molecule has 9 heteroatoms. The number of carbonyl (C=O) groups is 1. The summed E-state index contributed by atoms with van der Waals surface area (Å²) in [6.45, 7) is -0.323. The number of hydrogen-bond donors (Lipinski definition) is 1. The number of nitro groups is 1. The molecule has 3 aromatic rings. The van der Waals surface area contributed by atoms with Crippen molar-refractivity contribution in [3.05, 3.63) is 101 Å². The van der Waals surface area contributed by atoms with Gasteiger partial charge in [0.2, 0.25) is 15.9 Å². The number of sulfonamides is 1. The molecule has 31 heavy (non-hydrogen) atoms. The van der Waals surface area contributed by atoms with Gasteiger partial charge in [0, 0.05) is 24.4 Å². The van der Waals surface area contributed by atoms with Crippen LogP contribution in [0.2, 0.25) is 0 Å². The lowest BCUT2D eigenvalue weighted by atomic mass is 10.1. The number of hydrogen-bond acceptors (Lipinski definition) is 5. The highest BCUT2D eigenvalue weighted by Gasteiger charge is 2.26. The van der Waals surface area contributed by atoms with Gasteiger partial charge in [-0.2, -0.15) is 4.31 Å². The minimum absolute atomic E-state index is 0.0891. The first kappa shape index (κ1) is 22.1. The van der Waals surface area contributed by atoms with E-state index in [9.17, 15) is 23.3 Å². The maximum absolute atomic E-state index is 13.1. The minimum Gasteiger partial charge on any atom is -0.325 e. The molecular weight excluding hydrogens is 418 g/mol. The Labute approximate surface area is 180 Å². The lowest BCUT2D eigenvalue weighted by molar-refractivity contribution is -0.384. The molecule has 0 saturated heterocycles. The molecule has 0 aliphatic heterocycles. The lowest BCUT2D eigenvalue weighted by Crippen LogP contribution is -2.39. The normalized spacial score (nSPS) is 11.3. The molecule has 1 N–H and O–H groups in total. The third kappa shape index (κ3) is 5.97. The Morgan fingerprint density at radius 1 is 0.935 bits per heavy atom. The Balaban J connectivity index is 1.79. The zero-order chi connectivity index (χ0) is 22.3. The Hall–Kier alpha value is -3.56. The summed E-state index contributed by atoms with van der Waals surface area (Å²) in [6.07, 6.45) is 0.428. The molecule has 3 aromatic carbocycles. The van der Waals surface area contributed by atoms with Crippen molar-refractivity contribution in [1.82, 2.24) is 4.31 Å². The summed E-state index contributed by atoms with van der Waals surface area (Å²) >= 11 is 0. The maximum atomic E-state index is 13.1. The van der Waals surface area contributed by atoms with Gasteiger partial charge in [-0.25, -0.2) is 8.42 Å². The van der Waals surface area contributed by atoms with Crippen molar-refractivity contribution in [2.24, 2.45) is 0 Å². The van der Waals surface area contributed by atoms with Crippen molar-refractivity contribution < 1.29 is 18.1 Å². The molecule has 0 unspecified atom stereocenters. The Morgan fingerprint density at radius 2 is 1.58 bits per heavy atom. The molecular formula is C22H21N3O5S. The summed E-state index contributed by atoms with van der Waals surface area (Å²) in [7, 11) is -3.92. The first-order valence-corrected chi connectivity index (χ1v) is 10.9. The Kier molecular flexibility index (Phi) is 7.11. The van der Waals surface area contributed by atoms with Crippen LogP contribution in [0.25, 0.3) is 0 Å². The van der Waals surface area contributed by atoms with E-state index in [-0.39, 0.29) is 22.8 Å². The van der Waals surface area contributed by atoms with Crippen molar-refractivity contribution >= 4 is 27.3 Å². The summed E-state index contributed by atoms with van der Waals surface area (Å²) in [5.74, 6) is -0.590. The second-order valence-electron chi connectivity index (χ2n) is 6.74. The van der Waals surface area contributed by atoms with E-state index < -0.39 is 27.4 Å². The second kappa shape index (κ2) is 9.96. The predicted octanol–water partition coefficient (Wildman–Crippen LogP) is 3.47. The molecule has 0 aliphatic rings. The Bertz CT molecular complexity index is 1150. The minimum atomic E-state index is -3.92. The molecule has 1 amide bonds. The molecule has 0 aromatic heterocycles. The van der Waals surface area contributed by atoms with Crippen LogP contribution in [0.4, 0.5) is 11.4 Å². The lowest BCUT2D eigenvalue weighted by Gasteiger charge is -2.22. The molecule has 160 valence electrons. The summed E-state index contributed by atoms with van der Waals surface area (Å²) in [4.78, 5) is 23.1. The number of nitrogens with one attached hydrogen (secondary N) is 1. The first-order valence-electron chi connectivity index (χ1n) is 9.50. The fourth-order valence-electron chi connectivity index (χ4n) is 2.98. The second-order valence-corrected chi connectivity index (χ2v) is 8.68. The first-order chi connectivity index (χ1) is 14.9. The zero-order valence-electron chi connectivity index (χ0n) is 16.5. The molecule has 0 heterocycles. The SMILES string of the molecule is O=C(CN(CCc1ccccc1)S(=O)(=O)c1ccccc1)Nc1cccc([N+](=O)[O-])c1. The van der Waals surface area contributed by atoms with E-state index in [2.05, 4.69) is 5.32 Å². The number of benzene rings is 3. The van der Waals surface area contributed by atoms with Gasteiger partial charge in [-0.15, -0.1) is 0 Å². The highest BCUT2D eigenvalue weighted by molar-refractivity contribution is 7.89. The van der Waals surface area contributed by atoms with E-state index in [0.717, 1.165) is 9.87 Å². The molecule has 0 spiro atoms. The number of anilines is 1. The van der Waals surface area contributed by atoms with Crippen molar-refractivity contribution in [2.45, 2.75) is 11.3 Å². The molecule has 0 atom stereocenters. The van der Waals surface area contributed by atoms with Crippen molar-refractivity contribution in [3.8, 4) is 0 Å². The number of amides is 1. The monoisotopic (exact) mass is 439 g/mol. The van der Waals surface area contributed by atoms with E-state index in [1.54, 1.807) is 18.2 Å². The van der Waals surface area contributed by atoms with Crippen LogP contribution in [0, 0.1) is 10.1 Å². The third-order valence-corrected chi connectivity index (χ3v) is 6.39. The van der Waals surface area contributed by atoms with E-state index >= 15 is 0 Å². The van der Waals surface area contributed by atoms with Crippen LogP contribution in [-0.2, 0) is 21.2 Å². The van der Waals surface area contributed by atoms with E-state index in [4.69, 9.17) is 0 Å². The average Bonchev–Trinajstić information content (AvgIpc) is 2.78. The predicted molar refractivity (Wildman–Crippen MR) is 117 cm³/mol. The van der Waals surface area contributed by atoms with Gasteiger partial charge in [0.15, 0.2) is 0 Å². The largest absolute Gasteiger partial charge is 0.325 e. The summed E-state index contributed by atoms with van der Waals surface area (Å²) in [5, 5.41) is 13.5. The number of nitrogens with zero attached hydrogens (tertiary/aromatic N) is 2. The van der Waals surface area contributed by atoms with Crippen LogP contribution >= 0.6 is 0 Å². The van der Waals surface area contributed by atoms with Crippen LogP contribution in [0.3, 0.4) is 0 Å². The zero-order valence-corrected chi connectivity index (χ0v) is 17.4. The number of carbonyl (C=O) groups excluding carboxylic acids is 1.